The molecule has 0 amide bonds. The minimum Gasteiger partial charge on any atom is -0.494 e. The number of imidazole rings is 1. The van der Waals surface area contributed by atoms with E-state index < -0.39 is 0 Å². The van der Waals surface area contributed by atoms with Crippen LogP contribution in [0.15, 0.2) is 18.2 Å². The Hall–Kier alpha value is -1.33. The highest BCUT2D eigenvalue weighted by atomic mass is 32.1. The van der Waals surface area contributed by atoms with Gasteiger partial charge in [-0.25, -0.2) is 0 Å². The monoisotopic (exact) mass is 278 g/mol. The summed E-state index contributed by atoms with van der Waals surface area (Å²) in [7, 11) is 1.68. The van der Waals surface area contributed by atoms with Crippen molar-refractivity contribution >= 4 is 23.3 Å². The Morgan fingerprint density at radius 3 is 3.00 bits per heavy atom. The molecule has 1 aliphatic heterocycles. The van der Waals surface area contributed by atoms with Gasteiger partial charge in [0.25, 0.3) is 0 Å². The molecule has 0 saturated carbocycles. The summed E-state index contributed by atoms with van der Waals surface area (Å²) in [5.74, 6) is 0.822. The minimum absolute atomic E-state index is 0.0834. The normalized spacial score (nSPS) is 23.7. The summed E-state index contributed by atoms with van der Waals surface area (Å²) in [6.07, 6.45) is 2.14. The van der Waals surface area contributed by atoms with E-state index in [1.54, 1.807) is 7.11 Å². The Labute approximate surface area is 117 Å². The number of nitrogens with one attached hydrogen (secondary N) is 1. The van der Waals surface area contributed by atoms with Crippen LogP contribution in [0.3, 0.4) is 0 Å². The summed E-state index contributed by atoms with van der Waals surface area (Å²) in [5.41, 5.74) is 1.96. The highest BCUT2D eigenvalue weighted by Gasteiger charge is 2.32. The van der Waals surface area contributed by atoms with Crippen molar-refractivity contribution in [1.82, 2.24) is 9.55 Å². The first-order valence-corrected chi connectivity index (χ1v) is 6.92. The second kappa shape index (κ2) is 4.65. The zero-order valence-corrected chi connectivity index (χ0v) is 12.0. The average Bonchev–Trinajstić information content (AvgIpc) is 2.76. The number of para-hydroxylation sites is 1. The first-order valence-electron chi connectivity index (χ1n) is 6.52. The third kappa shape index (κ3) is 1.97. The third-order valence-electron chi connectivity index (χ3n) is 3.86. The molecule has 1 aromatic heterocycles. The Balaban J connectivity index is 2.23. The maximum Gasteiger partial charge on any atom is 0.178 e. The summed E-state index contributed by atoms with van der Waals surface area (Å²) in [5, 5.41) is 0. The van der Waals surface area contributed by atoms with Crippen molar-refractivity contribution in [3.05, 3.63) is 23.0 Å². The lowest BCUT2D eigenvalue weighted by Crippen LogP contribution is -2.39. The molecule has 0 spiro atoms. The van der Waals surface area contributed by atoms with Gasteiger partial charge < -0.3 is 19.0 Å². The number of aromatic nitrogens is 2. The zero-order chi connectivity index (χ0) is 13.5. The quantitative estimate of drug-likeness (QED) is 0.857. The van der Waals surface area contributed by atoms with Crippen molar-refractivity contribution in [2.24, 2.45) is 0 Å². The van der Waals surface area contributed by atoms with Crippen LogP contribution in [0.5, 0.6) is 5.75 Å². The number of ether oxygens (including phenoxy) is 2. The molecule has 19 heavy (non-hydrogen) atoms. The van der Waals surface area contributed by atoms with Gasteiger partial charge in [-0.1, -0.05) is 6.07 Å². The molecule has 0 radical (unpaired) electrons. The van der Waals surface area contributed by atoms with Gasteiger partial charge >= 0.3 is 0 Å². The molecule has 0 aliphatic carbocycles. The molecule has 1 saturated heterocycles. The van der Waals surface area contributed by atoms with Gasteiger partial charge in [-0.05, 0) is 44.1 Å². The summed E-state index contributed by atoms with van der Waals surface area (Å²) >= 11 is 5.51. The van der Waals surface area contributed by atoms with E-state index in [4.69, 9.17) is 21.7 Å². The molecule has 1 aliphatic rings. The lowest BCUT2D eigenvalue weighted by Gasteiger charge is -2.35. The maximum atomic E-state index is 5.66. The Bertz CT molecular complexity index is 653. The molecule has 3 rings (SSSR count). The SMILES string of the molecule is COc1cccc2c1[nH]c(=S)n2C1(C)CCCOC1. The molecule has 4 nitrogen and oxygen atoms in total. The number of rotatable bonds is 2. The van der Waals surface area contributed by atoms with Crippen LogP contribution in [0.25, 0.3) is 11.0 Å². The predicted molar refractivity (Wildman–Crippen MR) is 77.4 cm³/mol. The molecule has 2 heterocycles. The number of nitrogens with zero attached hydrogens (tertiary/aromatic N) is 1. The summed E-state index contributed by atoms with van der Waals surface area (Å²) in [6.45, 7) is 3.74. The van der Waals surface area contributed by atoms with Crippen LogP contribution in [0.4, 0.5) is 0 Å². The molecule has 1 unspecified atom stereocenters. The summed E-state index contributed by atoms with van der Waals surface area (Å²) < 4.78 is 14.0. The van der Waals surface area contributed by atoms with E-state index in [9.17, 15) is 0 Å². The number of fused-ring (bicyclic) bond motifs is 1. The van der Waals surface area contributed by atoms with E-state index in [0.29, 0.717) is 6.61 Å². The van der Waals surface area contributed by atoms with Gasteiger partial charge in [0.1, 0.15) is 11.3 Å². The van der Waals surface area contributed by atoms with Gasteiger partial charge in [0.2, 0.25) is 0 Å². The van der Waals surface area contributed by atoms with Gasteiger partial charge in [-0.3, -0.25) is 0 Å². The Morgan fingerprint density at radius 2 is 2.32 bits per heavy atom. The molecule has 102 valence electrons. The molecular weight excluding hydrogens is 260 g/mol. The van der Waals surface area contributed by atoms with E-state index >= 15 is 0 Å². The number of aromatic amines is 1. The van der Waals surface area contributed by atoms with E-state index in [2.05, 4.69) is 22.5 Å². The van der Waals surface area contributed by atoms with Crippen molar-refractivity contribution in [2.75, 3.05) is 20.3 Å². The Kier molecular flexibility index (Phi) is 3.11. The first-order chi connectivity index (χ1) is 9.15. The van der Waals surface area contributed by atoms with Crippen LogP contribution in [0, 0.1) is 4.77 Å². The van der Waals surface area contributed by atoms with Crippen molar-refractivity contribution in [3.8, 4) is 5.75 Å². The van der Waals surface area contributed by atoms with E-state index in [1.165, 1.54) is 0 Å². The first kappa shape index (κ1) is 12.7. The minimum atomic E-state index is -0.0834. The smallest absolute Gasteiger partial charge is 0.178 e. The Morgan fingerprint density at radius 1 is 1.47 bits per heavy atom. The largest absolute Gasteiger partial charge is 0.494 e. The van der Waals surface area contributed by atoms with E-state index in [-0.39, 0.29) is 5.54 Å². The second-order valence-corrected chi connectivity index (χ2v) is 5.66. The average molecular weight is 278 g/mol. The number of benzene rings is 1. The van der Waals surface area contributed by atoms with Gasteiger partial charge in [0.05, 0.1) is 24.8 Å². The van der Waals surface area contributed by atoms with Crippen LogP contribution < -0.4 is 4.74 Å². The lowest BCUT2D eigenvalue weighted by atomic mass is 9.94. The van der Waals surface area contributed by atoms with Gasteiger partial charge in [0, 0.05) is 6.61 Å². The lowest BCUT2D eigenvalue weighted by molar-refractivity contribution is 0.0108. The summed E-state index contributed by atoms with van der Waals surface area (Å²) in [4.78, 5) is 3.27. The fourth-order valence-corrected chi connectivity index (χ4v) is 3.33. The third-order valence-corrected chi connectivity index (χ3v) is 4.14. The van der Waals surface area contributed by atoms with Crippen LogP contribution in [-0.4, -0.2) is 29.9 Å². The number of H-pyrrole nitrogens is 1. The van der Waals surface area contributed by atoms with Crippen LogP contribution in [0.1, 0.15) is 19.8 Å². The summed E-state index contributed by atoms with van der Waals surface area (Å²) in [6, 6.07) is 6.01. The molecule has 1 atom stereocenters. The van der Waals surface area contributed by atoms with Crippen molar-refractivity contribution in [1.29, 1.82) is 0 Å². The van der Waals surface area contributed by atoms with Crippen LogP contribution in [-0.2, 0) is 10.3 Å². The van der Waals surface area contributed by atoms with E-state index in [0.717, 1.165) is 41.0 Å². The predicted octanol–water partition coefficient (Wildman–Crippen LogP) is 3.23. The molecule has 1 fully saturated rings. The molecule has 0 bridgehead atoms. The molecular formula is C14H18N2O2S. The number of hydrogen-bond donors (Lipinski definition) is 1. The van der Waals surface area contributed by atoms with E-state index in [1.807, 2.05) is 12.1 Å². The number of hydrogen-bond acceptors (Lipinski definition) is 3. The fourth-order valence-electron chi connectivity index (χ4n) is 2.91. The topological polar surface area (TPSA) is 39.2 Å². The second-order valence-electron chi connectivity index (χ2n) is 5.27. The van der Waals surface area contributed by atoms with Crippen LogP contribution in [0.2, 0.25) is 0 Å². The van der Waals surface area contributed by atoms with Gasteiger partial charge in [-0.2, -0.15) is 0 Å². The fraction of sp³-hybridized carbons (Fsp3) is 0.500. The molecule has 2 aromatic rings. The van der Waals surface area contributed by atoms with Gasteiger partial charge in [0.15, 0.2) is 4.77 Å². The molecule has 1 N–H and O–H groups in total. The highest BCUT2D eigenvalue weighted by molar-refractivity contribution is 7.71. The van der Waals surface area contributed by atoms with Gasteiger partial charge in [-0.15, -0.1) is 0 Å². The highest BCUT2D eigenvalue weighted by Crippen LogP contribution is 2.33. The zero-order valence-electron chi connectivity index (χ0n) is 11.2. The maximum absolute atomic E-state index is 5.66. The van der Waals surface area contributed by atoms with Crippen molar-refractivity contribution < 1.29 is 9.47 Å². The van der Waals surface area contributed by atoms with Crippen molar-refractivity contribution in [2.45, 2.75) is 25.3 Å². The van der Waals surface area contributed by atoms with Crippen LogP contribution >= 0.6 is 12.2 Å². The van der Waals surface area contributed by atoms with Crippen molar-refractivity contribution in [3.63, 3.8) is 0 Å². The standard InChI is InChI=1S/C14H18N2O2S/c1-14(7-4-8-18-9-14)16-10-5-3-6-11(17-2)12(10)15-13(16)19/h3,5-6H,4,7-9H2,1-2H3,(H,15,19). The molecule has 1 aromatic carbocycles. The molecule has 5 heteroatoms. The number of methoxy groups -OCH3 is 1.